The average molecular weight is 313 g/mol. The van der Waals surface area contributed by atoms with Gasteiger partial charge in [-0.25, -0.2) is 0 Å². The molecule has 0 aliphatic heterocycles. The van der Waals surface area contributed by atoms with Gasteiger partial charge in [0.25, 0.3) is 0 Å². The molecule has 1 aromatic carbocycles. The van der Waals surface area contributed by atoms with Crippen LogP contribution in [0, 0.1) is 13.8 Å². The lowest BCUT2D eigenvalue weighted by molar-refractivity contribution is 0.352. The molecule has 0 spiro atoms. The number of hydrogen-bond acceptors (Lipinski definition) is 3. The molecule has 0 saturated heterocycles. The van der Waals surface area contributed by atoms with Gasteiger partial charge >= 0.3 is 0 Å². The van der Waals surface area contributed by atoms with Gasteiger partial charge in [-0.15, -0.1) is 0 Å². The van der Waals surface area contributed by atoms with Gasteiger partial charge in [0.2, 0.25) is 0 Å². The van der Waals surface area contributed by atoms with E-state index in [1.165, 1.54) is 11.3 Å². The number of ether oxygens (including phenoxy) is 1. The second-order valence-electron chi connectivity index (χ2n) is 6.28. The van der Waals surface area contributed by atoms with E-state index in [1.807, 2.05) is 26.0 Å². The lowest BCUT2D eigenvalue weighted by atomic mass is 10.2. The Morgan fingerprint density at radius 2 is 2.13 bits per heavy atom. The van der Waals surface area contributed by atoms with Crippen molar-refractivity contribution in [1.29, 1.82) is 0 Å². The zero-order valence-corrected chi connectivity index (χ0v) is 14.6. The first-order valence-electron chi connectivity index (χ1n) is 8.04. The van der Waals surface area contributed by atoms with Crippen molar-refractivity contribution in [2.45, 2.75) is 46.8 Å². The third kappa shape index (κ3) is 5.57. The fraction of sp³-hybridized carbons (Fsp3) is 0.421. The summed E-state index contributed by atoms with van der Waals surface area (Å²) in [5, 5.41) is 8.05. The second kappa shape index (κ2) is 7.97. The summed E-state index contributed by atoms with van der Waals surface area (Å²) in [6, 6.07) is 10.6. The SMILES string of the molecule is C=C(C)COc1cccc(CNC(C)Cn2nc(C)cc2C)c1. The van der Waals surface area contributed by atoms with Crippen molar-refractivity contribution in [3.05, 3.63) is 59.4 Å². The molecule has 1 unspecified atom stereocenters. The van der Waals surface area contributed by atoms with Crippen LogP contribution in [0.5, 0.6) is 5.75 Å². The highest BCUT2D eigenvalue weighted by molar-refractivity contribution is 5.28. The number of hydrogen-bond donors (Lipinski definition) is 1. The van der Waals surface area contributed by atoms with Crippen molar-refractivity contribution in [3.8, 4) is 5.75 Å². The predicted molar refractivity (Wildman–Crippen MR) is 94.8 cm³/mol. The van der Waals surface area contributed by atoms with E-state index < -0.39 is 0 Å². The number of nitrogens with one attached hydrogen (secondary N) is 1. The zero-order valence-electron chi connectivity index (χ0n) is 14.6. The van der Waals surface area contributed by atoms with Crippen LogP contribution in [-0.4, -0.2) is 22.4 Å². The number of aromatic nitrogens is 2. The molecule has 0 amide bonds. The first-order valence-corrected chi connectivity index (χ1v) is 8.04. The highest BCUT2D eigenvalue weighted by Crippen LogP contribution is 2.14. The summed E-state index contributed by atoms with van der Waals surface area (Å²) in [6.07, 6.45) is 0. The maximum absolute atomic E-state index is 5.69. The van der Waals surface area contributed by atoms with Gasteiger partial charge in [-0.3, -0.25) is 4.68 Å². The molecule has 2 aromatic rings. The highest BCUT2D eigenvalue weighted by atomic mass is 16.5. The van der Waals surface area contributed by atoms with Crippen LogP contribution in [0.2, 0.25) is 0 Å². The highest BCUT2D eigenvalue weighted by Gasteiger charge is 2.07. The van der Waals surface area contributed by atoms with Gasteiger partial charge in [0, 0.05) is 18.3 Å². The quantitative estimate of drug-likeness (QED) is 0.756. The van der Waals surface area contributed by atoms with Gasteiger partial charge in [-0.05, 0) is 57.0 Å². The van der Waals surface area contributed by atoms with Crippen molar-refractivity contribution in [2.75, 3.05) is 6.61 Å². The molecule has 4 nitrogen and oxygen atoms in total. The largest absolute Gasteiger partial charge is 0.489 e. The van der Waals surface area contributed by atoms with E-state index in [1.54, 1.807) is 0 Å². The molecule has 1 N–H and O–H groups in total. The van der Waals surface area contributed by atoms with Crippen LogP contribution in [0.3, 0.4) is 0 Å². The monoisotopic (exact) mass is 313 g/mol. The van der Waals surface area contributed by atoms with Crippen molar-refractivity contribution in [3.63, 3.8) is 0 Å². The van der Waals surface area contributed by atoms with E-state index in [0.29, 0.717) is 12.6 Å². The minimum Gasteiger partial charge on any atom is -0.489 e. The Hall–Kier alpha value is -2.07. The summed E-state index contributed by atoms with van der Waals surface area (Å²) in [5.74, 6) is 0.887. The van der Waals surface area contributed by atoms with Gasteiger partial charge in [0.1, 0.15) is 12.4 Å². The molecular weight excluding hydrogens is 286 g/mol. The Labute approximate surface area is 139 Å². The Balaban J connectivity index is 1.86. The maximum atomic E-state index is 5.69. The van der Waals surface area contributed by atoms with E-state index in [0.717, 1.165) is 30.1 Å². The van der Waals surface area contributed by atoms with Crippen LogP contribution >= 0.6 is 0 Å². The normalized spacial score (nSPS) is 12.2. The average Bonchev–Trinajstić information content (AvgIpc) is 2.81. The van der Waals surface area contributed by atoms with Crippen LogP contribution in [0.25, 0.3) is 0 Å². The summed E-state index contributed by atoms with van der Waals surface area (Å²) < 4.78 is 7.74. The molecule has 0 aliphatic rings. The van der Waals surface area contributed by atoms with E-state index in [4.69, 9.17) is 4.74 Å². The topological polar surface area (TPSA) is 39.1 Å². The number of nitrogens with zero attached hydrogens (tertiary/aromatic N) is 2. The molecule has 4 heteroatoms. The lowest BCUT2D eigenvalue weighted by Gasteiger charge is -2.15. The molecule has 0 aliphatic carbocycles. The molecule has 0 fully saturated rings. The van der Waals surface area contributed by atoms with Crippen molar-refractivity contribution in [2.24, 2.45) is 0 Å². The Kier molecular flexibility index (Phi) is 5.99. The van der Waals surface area contributed by atoms with Crippen molar-refractivity contribution < 1.29 is 4.74 Å². The molecule has 23 heavy (non-hydrogen) atoms. The lowest BCUT2D eigenvalue weighted by Crippen LogP contribution is -2.30. The Morgan fingerprint density at radius 3 is 2.78 bits per heavy atom. The van der Waals surface area contributed by atoms with Crippen LogP contribution in [0.1, 0.15) is 30.8 Å². The maximum Gasteiger partial charge on any atom is 0.120 e. The number of aryl methyl sites for hydroxylation is 2. The standard InChI is InChI=1S/C19H27N3O/c1-14(2)13-23-19-8-6-7-18(10-19)11-20-16(4)12-22-17(5)9-15(3)21-22/h6-10,16,20H,1,11-13H2,2-5H3. The minimum absolute atomic E-state index is 0.341. The molecule has 0 saturated carbocycles. The third-order valence-electron chi connectivity index (χ3n) is 3.59. The molecule has 0 radical (unpaired) electrons. The number of benzene rings is 1. The third-order valence-corrected chi connectivity index (χ3v) is 3.59. The van der Waals surface area contributed by atoms with Crippen LogP contribution in [0.15, 0.2) is 42.5 Å². The van der Waals surface area contributed by atoms with Crippen molar-refractivity contribution >= 4 is 0 Å². The molecular formula is C19H27N3O. The van der Waals surface area contributed by atoms with Gasteiger partial charge in [0.05, 0.1) is 12.2 Å². The minimum atomic E-state index is 0.341. The Morgan fingerprint density at radius 1 is 1.35 bits per heavy atom. The van der Waals surface area contributed by atoms with Crippen molar-refractivity contribution in [1.82, 2.24) is 15.1 Å². The summed E-state index contributed by atoms with van der Waals surface area (Å²) in [4.78, 5) is 0. The smallest absolute Gasteiger partial charge is 0.120 e. The van der Waals surface area contributed by atoms with Gasteiger partial charge in [-0.1, -0.05) is 18.7 Å². The second-order valence-corrected chi connectivity index (χ2v) is 6.28. The molecule has 2 rings (SSSR count). The molecule has 1 heterocycles. The zero-order chi connectivity index (χ0) is 16.8. The fourth-order valence-corrected chi connectivity index (χ4v) is 2.43. The van der Waals surface area contributed by atoms with Gasteiger partial charge < -0.3 is 10.1 Å². The van der Waals surface area contributed by atoms with Crippen LogP contribution < -0.4 is 10.1 Å². The van der Waals surface area contributed by atoms with E-state index >= 15 is 0 Å². The van der Waals surface area contributed by atoms with Crippen LogP contribution in [-0.2, 0) is 13.1 Å². The van der Waals surface area contributed by atoms with Gasteiger partial charge in [0.15, 0.2) is 0 Å². The summed E-state index contributed by atoms with van der Waals surface area (Å²) in [5.41, 5.74) is 4.50. The predicted octanol–water partition coefficient (Wildman–Crippen LogP) is 3.63. The summed E-state index contributed by atoms with van der Waals surface area (Å²) in [7, 11) is 0. The number of rotatable bonds is 8. The summed E-state index contributed by atoms with van der Waals surface area (Å²) >= 11 is 0. The Bertz CT molecular complexity index is 660. The molecule has 0 bridgehead atoms. The molecule has 1 aromatic heterocycles. The van der Waals surface area contributed by atoms with E-state index in [9.17, 15) is 0 Å². The molecule has 124 valence electrons. The molecule has 1 atom stereocenters. The van der Waals surface area contributed by atoms with Crippen LogP contribution in [0.4, 0.5) is 0 Å². The summed E-state index contributed by atoms with van der Waals surface area (Å²) in [6.45, 7) is 14.4. The first-order chi connectivity index (χ1) is 10.9. The van der Waals surface area contributed by atoms with E-state index in [-0.39, 0.29) is 0 Å². The first kappa shape index (κ1) is 17.3. The van der Waals surface area contributed by atoms with Gasteiger partial charge in [-0.2, -0.15) is 5.10 Å². The fourth-order valence-electron chi connectivity index (χ4n) is 2.43. The van der Waals surface area contributed by atoms with E-state index in [2.05, 4.69) is 53.7 Å².